The van der Waals surface area contributed by atoms with Gasteiger partial charge in [0.25, 0.3) is 0 Å². The van der Waals surface area contributed by atoms with E-state index >= 15 is 0 Å². The highest BCUT2D eigenvalue weighted by atomic mass is 14.4. The number of rotatable bonds is 4. The van der Waals surface area contributed by atoms with Gasteiger partial charge in [-0.3, -0.25) is 0 Å². The van der Waals surface area contributed by atoms with Gasteiger partial charge in [0.2, 0.25) is 0 Å². The first kappa shape index (κ1) is 16.6. The summed E-state index contributed by atoms with van der Waals surface area (Å²) in [5, 5.41) is 0. The minimum absolute atomic E-state index is 0.864. The van der Waals surface area contributed by atoms with Crippen LogP contribution in [0.15, 0.2) is 11.6 Å². The summed E-state index contributed by atoms with van der Waals surface area (Å²) in [5.41, 5.74) is 1.87. The molecule has 0 radical (unpaired) electrons. The van der Waals surface area contributed by atoms with E-state index in [-0.39, 0.29) is 0 Å². The third-order valence-corrected chi connectivity index (χ3v) is 7.56. The van der Waals surface area contributed by atoms with Crippen molar-refractivity contribution in [3.8, 4) is 0 Å². The van der Waals surface area contributed by atoms with Gasteiger partial charge in [0.15, 0.2) is 0 Å². The summed E-state index contributed by atoms with van der Waals surface area (Å²) in [7, 11) is 0. The lowest BCUT2D eigenvalue weighted by Crippen LogP contribution is -2.35. The predicted molar refractivity (Wildman–Crippen MR) is 96.8 cm³/mol. The molecule has 3 aliphatic rings. The molecule has 0 nitrogen and oxygen atoms in total. The van der Waals surface area contributed by atoms with E-state index in [1.807, 2.05) is 5.57 Å². The molecule has 0 spiro atoms. The van der Waals surface area contributed by atoms with Crippen molar-refractivity contribution in [1.29, 1.82) is 0 Å². The maximum atomic E-state index is 2.70. The van der Waals surface area contributed by atoms with Crippen LogP contribution in [-0.4, -0.2) is 0 Å². The summed E-state index contributed by atoms with van der Waals surface area (Å²) < 4.78 is 0. The zero-order valence-electron chi connectivity index (χ0n) is 15.3. The van der Waals surface area contributed by atoms with Crippen molar-refractivity contribution in [3.05, 3.63) is 11.6 Å². The van der Waals surface area contributed by atoms with Crippen LogP contribution in [0.4, 0.5) is 0 Å². The second-order valence-corrected chi connectivity index (χ2v) is 8.81. The standard InChI is InChI=1S/C22H38/c1-4-8-18-11-12-20-13-14-21(17(3)22(20)15-18)16(2)19-9-6-5-7-10-19/h14,16-20,22H,4-13,15H2,1-3H3/t16?,17?,18-,20?,22?/m1/s1. The van der Waals surface area contributed by atoms with E-state index in [0.29, 0.717) is 0 Å². The van der Waals surface area contributed by atoms with Crippen molar-refractivity contribution in [2.24, 2.45) is 35.5 Å². The quantitative estimate of drug-likeness (QED) is 0.490. The highest BCUT2D eigenvalue weighted by Gasteiger charge is 2.39. The third-order valence-electron chi connectivity index (χ3n) is 7.56. The first-order valence-corrected chi connectivity index (χ1v) is 10.4. The predicted octanol–water partition coefficient (Wildman–Crippen LogP) is 7.00. The molecule has 0 heterocycles. The fourth-order valence-electron chi connectivity index (χ4n) is 6.16. The summed E-state index contributed by atoms with van der Waals surface area (Å²) in [4.78, 5) is 0. The van der Waals surface area contributed by atoms with E-state index in [4.69, 9.17) is 0 Å². The van der Waals surface area contributed by atoms with Crippen LogP contribution < -0.4 is 0 Å². The molecule has 5 atom stereocenters. The fraction of sp³-hybridized carbons (Fsp3) is 0.909. The molecule has 0 amide bonds. The van der Waals surface area contributed by atoms with E-state index in [9.17, 15) is 0 Å². The fourth-order valence-corrected chi connectivity index (χ4v) is 6.16. The molecule has 3 rings (SSSR count). The number of fused-ring (bicyclic) bond motifs is 1. The Kier molecular flexibility index (Phi) is 5.69. The Bertz CT molecular complexity index is 373. The molecule has 0 N–H and O–H groups in total. The van der Waals surface area contributed by atoms with Gasteiger partial charge in [-0.25, -0.2) is 0 Å². The minimum atomic E-state index is 0.864. The van der Waals surface area contributed by atoms with Crippen LogP contribution in [0.25, 0.3) is 0 Å². The van der Waals surface area contributed by atoms with Crippen molar-refractivity contribution in [2.45, 2.75) is 91.4 Å². The van der Waals surface area contributed by atoms with Crippen LogP contribution >= 0.6 is 0 Å². The van der Waals surface area contributed by atoms with Crippen LogP contribution in [0.5, 0.6) is 0 Å². The maximum absolute atomic E-state index is 2.70. The van der Waals surface area contributed by atoms with Gasteiger partial charge in [0.1, 0.15) is 0 Å². The van der Waals surface area contributed by atoms with Crippen molar-refractivity contribution in [3.63, 3.8) is 0 Å². The van der Waals surface area contributed by atoms with E-state index in [0.717, 1.165) is 35.5 Å². The Balaban J connectivity index is 1.67. The number of allylic oxidation sites excluding steroid dienone is 2. The SMILES string of the molecule is CCC[C@@H]1CCC2CC=C(C(C)C3CCCCC3)C(C)C2C1. The zero-order valence-corrected chi connectivity index (χ0v) is 15.3. The summed E-state index contributed by atoms with van der Waals surface area (Å²) in [6.07, 6.45) is 19.0. The van der Waals surface area contributed by atoms with E-state index < -0.39 is 0 Å². The van der Waals surface area contributed by atoms with Crippen molar-refractivity contribution in [1.82, 2.24) is 0 Å². The molecule has 22 heavy (non-hydrogen) atoms. The Morgan fingerprint density at radius 2 is 1.86 bits per heavy atom. The molecule has 0 bridgehead atoms. The average molecular weight is 303 g/mol. The molecule has 126 valence electrons. The Morgan fingerprint density at radius 1 is 1.09 bits per heavy atom. The van der Waals surface area contributed by atoms with E-state index in [1.54, 1.807) is 0 Å². The topological polar surface area (TPSA) is 0 Å². The van der Waals surface area contributed by atoms with Crippen molar-refractivity contribution >= 4 is 0 Å². The molecule has 0 aromatic heterocycles. The summed E-state index contributed by atoms with van der Waals surface area (Å²) in [6.45, 7) is 7.51. The first-order chi connectivity index (χ1) is 10.7. The van der Waals surface area contributed by atoms with Crippen LogP contribution in [0.1, 0.15) is 91.4 Å². The second-order valence-electron chi connectivity index (χ2n) is 8.81. The zero-order chi connectivity index (χ0) is 15.5. The Labute approximate surface area is 139 Å². The van der Waals surface area contributed by atoms with Gasteiger partial charge in [-0.05, 0) is 67.6 Å². The molecule has 0 saturated heterocycles. The molecule has 0 aliphatic heterocycles. The molecule has 2 saturated carbocycles. The van der Waals surface area contributed by atoms with Gasteiger partial charge >= 0.3 is 0 Å². The number of hydrogen-bond donors (Lipinski definition) is 0. The molecule has 0 heteroatoms. The van der Waals surface area contributed by atoms with Gasteiger partial charge in [-0.15, -0.1) is 0 Å². The lowest BCUT2D eigenvalue weighted by molar-refractivity contribution is 0.117. The molecule has 0 aromatic carbocycles. The Morgan fingerprint density at radius 3 is 2.59 bits per heavy atom. The summed E-state index contributed by atoms with van der Waals surface area (Å²) >= 11 is 0. The van der Waals surface area contributed by atoms with Crippen molar-refractivity contribution < 1.29 is 0 Å². The van der Waals surface area contributed by atoms with Crippen LogP contribution in [0, 0.1) is 35.5 Å². The highest BCUT2D eigenvalue weighted by Crippen LogP contribution is 2.49. The maximum Gasteiger partial charge on any atom is -0.0198 e. The molecular formula is C22H38. The number of hydrogen-bond acceptors (Lipinski definition) is 0. The molecule has 3 aliphatic carbocycles. The van der Waals surface area contributed by atoms with Gasteiger partial charge < -0.3 is 0 Å². The largest absolute Gasteiger partial charge is 0.0845 e. The monoisotopic (exact) mass is 302 g/mol. The Hall–Kier alpha value is -0.260. The lowest BCUT2D eigenvalue weighted by Gasteiger charge is -2.45. The average Bonchev–Trinajstić information content (AvgIpc) is 2.56. The normalized spacial score (nSPS) is 38.2. The third kappa shape index (κ3) is 3.46. The van der Waals surface area contributed by atoms with E-state index in [1.165, 1.54) is 70.6 Å². The summed E-state index contributed by atoms with van der Waals surface area (Å²) in [6, 6.07) is 0. The second kappa shape index (κ2) is 7.54. The lowest BCUT2D eigenvalue weighted by atomic mass is 9.60. The van der Waals surface area contributed by atoms with Crippen molar-refractivity contribution in [2.75, 3.05) is 0 Å². The van der Waals surface area contributed by atoms with E-state index in [2.05, 4.69) is 26.8 Å². The molecule has 2 fully saturated rings. The minimum Gasteiger partial charge on any atom is -0.0845 e. The van der Waals surface area contributed by atoms with Crippen LogP contribution in [0.3, 0.4) is 0 Å². The first-order valence-electron chi connectivity index (χ1n) is 10.4. The van der Waals surface area contributed by atoms with Gasteiger partial charge in [0, 0.05) is 0 Å². The molecule has 4 unspecified atom stereocenters. The molecular weight excluding hydrogens is 264 g/mol. The smallest absolute Gasteiger partial charge is 0.0198 e. The van der Waals surface area contributed by atoms with Crippen LogP contribution in [-0.2, 0) is 0 Å². The molecule has 0 aromatic rings. The highest BCUT2D eigenvalue weighted by molar-refractivity contribution is 5.17. The van der Waals surface area contributed by atoms with Crippen LogP contribution in [0.2, 0.25) is 0 Å². The van der Waals surface area contributed by atoms with Gasteiger partial charge in [-0.2, -0.15) is 0 Å². The van der Waals surface area contributed by atoms with Gasteiger partial charge in [0.05, 0.1) is 0 Å². The summed E-state index contributed by atoms with van der Waals surface area (Å²) in [5.74, 6) is 5.80. The van der Waals surface area contributed by atoms with Gasteiger partial charge in [-0.1, -0.05) is 70.9 Å².